The van der Waals surface area contributed by atoms with Gasteiger partial charge in [0.1, 0.15) is 10.5 Å². The van der Waals surface area contributed by atoms with Crippen molar-refractivity contribution < 1.29 is 43.6 Å². The third-order valence-electron chi connectivity index (χ3n) is 2.80. The Kier molecular flexibility index (Phi) is 5.45. The van der Waals surface area contributed by atoms with Gasteiger partial charge in [0.2, 0.25) is 0 Å². The van der Waals surface area contributed by atoms with E-state index in [0.29, 0.717) is 0 Å². The van der Waals surface area contributed by atoms with Gasteiger partial charge in [-0.25, -0.2) is 0 Å². The zero-order chi connectivity index (χ0) is 16.6. The van der Waals surface area contributed by atoms with Crippen LogP contribution in [0.25, 0.3) is 0 Å². The highest BCUT2D eigenvalue weighted by molar-refractivity contribution is 6.73. The quantitative estimate of drug-likeness (QED) is 0.526. The molecule has 0 bridgehead atoms. The highest BCUT2D eigenvalue weighted by Gasteiger charge is 2.81. The van der Waals surface area contributed by atoms with Gasteiger partial charge in [-0.1, -0.05) is 0 Å². The van der Waals surface area contributed by atoms with Crippen LogP contribution in [-0.4, -0.2) is 42.7 Å². The van der Waals surface area contributed by atoms with E-state index in [1.807, 2.05) is 0 Å². The Morgan fingerprint density at radius 3 is 1.55 bits per heavy atom. The standard InChI is InChI=1S/C8H13F9OSi2/c1-20(2,18-19)4-3-5(9,10)6(11,12)7(13,14)8(15,16)17/h3-4H2,1-2,19H3. The van der Waals surface area contributed by atoms with Crippen LogP contribution in [-0.2, 0) is 4.12 Å². The molecule has 0 aliphatic heterocycles. The van der Waals surface area contributed by atoms with E-state index in [9.17, 15) is 39.5 Å². The molecule has 0 fully saturated rings. The van der Waals surface area contributed by atoms with Crippen LogP contribution in [0.4, 0.5) is 39.5 Å². The normalized spacial score (nSPS) is 15.8. The monoisotopic (exact) mass is 352 g/mol. The van der Waals surface area contributed by atoms with Crippen molar-refractivity contribution in [3.05, 3.63) is 0 Å². The fourth-order valence-corrected chi connectivity index (χ4v) is 2.86. The SMILES string of the molecule is C[Si](C)(CCC(F)(F)C(F)(F)C(F)(F)C(F)(F)F)O[SiH3]. The maximum Gasteiger partial charge on any atom is 0.460 e. The molecule has 0 heterocycles. The summed E-state index contributed by atoms with van der Waals surface area (Å²) < 4.78 is 118. The lowest BCUT2D eigenvalue weighted by molar-refractivity contribution is -0.396. The lowest BCUT2D eigenvalue weighted by Crippen LogP contribution is -2.61. The molecule has 122 valence electrons. The zero-order valence-corrected chi connectivity index (χ0v) is 13.7. The molecule has 0 saturated heterocycles. The van der Waals surface area contributed by atoms with E-state index < -0.39 is 44.7 Å². The fraction of sp³-hybridized carbons (Fsp3) is 1.00. The van der Waals surface area contributed by atoms with Gasteiger partial charge in [-0.15, -0.1) is 0 Å². The van der Waals surface area contributed by atoms with Crippen LogP contribution in [0.2, 0.25) is 19.1 Å². The van der Waals surface area contributed by atoms with Crippen LogP contribution >= 0.6 is 0 Å². The summed E-state index contributed by atoms with van der Waals surface area (Å²) >= 11 is 0. The molecule has 0 spiro atoms. The summed E-state index contributed by atoms with van der Waals surface area (Å²) in [4.78, 5) is 0. The lowest BCUT2D eigenvalue weighted by atomic mass is 10.0. The molecule has 0 N–H and O–H groups in total. The van der Waals surface area contributed by atoms with E-state index in [1.165, 1.54) is 13.1 Å². The molecule has 0 amide bonds. The molecule has 0 aliphatic carbocycles. The van der Waals surface area contributed by atoms with Crippen molar-refractivity contribution in [1.29, 1.82) is 0 Å². The second kappa shape index (κ2) is 5.52. The minimum atomic E-state index is -6.81. The van der Waals surface area contributed by atoms with Crippen molar-refractivity contribution in [2.45, 2.75) is 49.5 Å². The average Bonchev–Trinajstić information content (AvgIpc) is 2.24. The van der Waals surface area contributed by atoms with E-state index in [2.05, 4.69) is 0 Å². The summed E-state index contributed by atoms with van der Waals surface area (Å²) in [6.45, 7) is 2.74. The van der Waals surface area contributed by atoms with Gasteiger partial charge in [-0.05, 0) is 19.1 Å². The Bertz CT molecular complexity index is 339. The molecule has 0 aromatic carbocycles. The van der Waals surface area contributed by atoms with Gasteiger partial charge in [-0.3, -0.25) is 0 Å². The van der Waals surface area contributed by atoms with E-state index in [4.69, 9.17) is 4.12 Å². The average molecular weight is 352 g/mol. The number of halogens is 9. The van der Waals surface area contributed by atoms with Gasteiger partial charge in [0.05, 0.1) is 0 Å². The largest absolute Gasteiger partial charge is 0.463 e. The minimum Gasteiger partial charge on any atom is -0.463 e. The molecule has 20 heavy (non-hydrogen) atoms. The van der Waals surface area contributed by atoms with Crippen LogP contribution in [0, 0.1) is 0 Å². The summed E-state index contributed by atoms with van der Waals surface area (Å²) in [5.41, 5.74) is 0. The predicted molar refractivity (Wildman–Crippen MR) is 58.8 cm³/mol. The smallest absolute Gasteiger partial charge is 0.460 e. The van der Waals surface area contributed by atoms with E-state index in [1.54, 1.807) is 0 Å². The number of hydrogen-bond acceptors (Lipinski definition) is 1. The Balaban J connectivity index is 5.27. The summed E-state index contributed by atoms with van der Waals surface area (Å²) in [6, 6.07) is -0.660. The van der Waals surface area contributed by atoms with Crippen molar-refractivity contribution in [3.63, 3.8) is 0 Å². The molecule has 0 unspecified atom stereocenters. The van der Waals surface area contributed by atoms with Gasteiger partial charge in [0, 0.05) is 6.42 Å². The second-order valence-corrected chi connectivity index (χ2v) is 10.5. The van der Waals surface area contributed by atoms with Gasteiger partial charge in [0.25, 0.3) is 0 Å². The molecular weight excluding hydrogens is 339 g/mol. The molecule has 0 atom stereocenters. The molecule has 0 rings (SSSR count). The van der Waals surface area contributed by atoms with Gasteiger partial charge < -0.3 is 4.12 Å². The third kappa shape index (κ3) is 3.69. The molecule has 1 nitrogen and oxygen atoms in total. The van der Waals surface area contributed by atoms with E-state index in [0.717, 1.165) is 0 Å². The van der Waals surface area contributed by atoms with Gasteiger partial charge in [-0.2, -0.15) is 39.5 Å². The van der Waals surface area contributed by atoms with Crippen LogP contribution in [0.3, 0.4) is 0 Å². The minimum absolute atomic E-state index is 0.123. The molecule has 0 radical (unpaired) electrons. The van der Waals surface area contributed by atoms with Crippen molar-refractivity contribution in [2.75, 3.05) is 0 Å². The van der Waals surface area contributed by atoms with E-state index in [-0.39, 0.29) is 10.5 Å². The molecule has 0 aromatic rings. The first kappa shape index (κ1) is 19.8. The first-order valence-corrected chi connectivity index (χ1v) is 9.20. The van der Waals surface area contributed by atoms with Crippen molar-refractivity contribution in [3.8, 4) is 0 Å². The Morgan fingerprint density at radius 2 is 1.25 bits per heavy atom. The Morgan fingerprint density at radius 1 is 0.850 bits per heavy atom. The summed E-state index contributed by atoms with van der Waals surface area (Å²) in [5.74, 6) is -18.8. The molecule has 12 heteroatoms. The molecule has 0 saturated carbocycles. The number of alkyl halides is 9. The van der Waals surface area contributed by atoms with Gasteiger partial charge in [0.15, 0.2) is 8.32 Å². The second-order valence-electron chi connectivity index (χ2n) is 4.81. The van der Waals surface area contributed by atoms with Crippen molar-refractivity contribution in [2.24, 2.45) is 0 Å². The lowest BCUT2D eigenvalue weighted by Gasteiger charge is -2.34. The first-order valence-electron chi connectivity index (χ1n) is 5.27. The summed E-state index contributed by atoms with van der Waals surface area (Å²) in [7, 11) is -2.63. The Hall–Kier alpha value is -0.236. The van der Waals surface area contributed by atoms with Gasteiger partial charge >= 0.3 is 23.9 Å². The highest BCUT2D eigenvalue weighted by atomic mass is 28.4. The maximum atomic E-state index is 13.1. The van der Waals surface area contributed by atoms with Crippen LogP contribution in [0.15, 0.2) is 0 Å². The molecule has 0 aliphatic rings. The summed E-state index contributed by atoms with van der Waals surface area (Å²) in [5, 5.41) is 0. The summed E-state index contributed by atoms with van der Waals surface area (Å²) in [6.07, 6.45) is -8.56. The number of rotatable bonds is 6. The van der Waals surface area contributed by atoms with Crippen molar-refractivity contribution >= 4 is 18.8 Å². The predicted octanol–water partition coefficient (Wildman–Crippen LogP) is 3.35. The van der Waals surface area contributed by atoms with Crippen LogP contribution in [0.1, 0.15) is 6.42 Å². The van der Waals surface area contributed by atoms with Crippen LogP contribution in [0.5, 0.6) is 0 Å². The first-order chi connectivity index (χ1) is 8.52. The molecular formula is C8H13F9OSi2. The molecule has 0 aromatic heterocycles. The number of hydrogen-bond donors (Lipinski definition) is 0. The Labute approximate surface area is 113 Å². The van der Waals surface area contributed by atoms with Crippen LogP contribution < -0.4 is 0 Å². The fourth-order valence-electron chi connectivity index (χ4n) is 1.12. The highest BCUT2D eigenvalue weighted by Crippen LogP contribution is 2.54. The topological polar surface area (TPSA) is 9.23 Å². The van der Waals surface area contributed by atoms with E-state index >= 15 is 0 Å². The maximum absolute atomic E-state index is 13.1. The van der Waals surface area contributed by atoms with Crippen molar-refractivity contribution in [1.82, 2.24) is 0 Å². The zero-order valence-electron chi connectivity index (χ0n) is 10.7. The third-order valence-corrected chi connectivity index (χ3v) is 8.68.